The van der Waals surface area contributed by atoms with Crippen LogP contribution in [0, 0.1) is 0 Å². The molecule has 1 aromatic heterocycles. The van der Waals surface area contributed by atoms with Crippen molar-refractivity contribution in [1.29, 1.82) is 0 Å². The van der Waals surface area contributed by atoms with Crippen LogP contribution in [0.2, 0.25) is 0 Å². The summed E-state index contributed by atoms with van der Waals surface area (Å²) in [6.07, 6.45) is 5.32. The molecule has 0 saturated carbocycles. The molecule has 0 bridgehead atoms. The van der Waals surface area contributed by atoms with Gasteiger partial charge in [0.25, 0.3) is 5.91 Å². The zero-order chi connectivity index (χ0) is 15.5. The van der Waals surface area contributed by atoms with Gasteiger partial charge in [0.15, 0.2) is 0 Å². The van der Waals surface area contributed by atoms with E-state index in [1.807, 2.05) is 4.90 Å². The van der Waals surface area contributed by atoms with E-state index in [-0.39, 0.29) is 16.8 Å². The molecule has 1 atom stereocenters. The van der Waals surface area contributed by atoms with E-state index < -0.39 is 10.0 Å². The van der Waals surface area contributed by atoms with Crippen molar-refractivity contribution >= 4 is 27.3 Å². The summed E-state index contributed by atoms with van der Waals surface area (Å²) < 4.78 is 25.8. The van der Waals surface area contributed by atoms with Crippen molar-refractivity contribution in [3.05, 3.63) is 16.3 Å². The number of hydrogen-bond acceptors (Lipinski definition) is 4. The van der Waals surface area contributed by atoms with Crippen LogP contribution in [0.15, 0.2) is 16.3 Å². The summed E-state index contributed by atoms with van der Waals surface area (Å²) in [6, 6.07) is 1.75. The number of amides is 1. The number of nitrogens with zero attached hydrogens (tertiary/aromatic N) is 1. The third kappa shape index (κ3) is 3.64. The monoisotopic (exact) mass is 330 g/mol. The Morgan fingerprint density at radius 3 is 2.86 bits per heavy atom. The highest BCUT2D eigenvalue weighted by Crippen LogP contribution is 2.25. The Kier molecular flexibility index (Phi) is 5.40. The van der Waals surface area contributed by atoms with Gasteiger partial charge >= 0.3 is 0 Å². The molecule has 1 aliphatic heterocycles. The van der Waals surface area contributed by atoms with Crippen molar-refractivity contribution in [2.45, 2.75) is 50.0 Å². The van der Waals surface area contributed by atoms with Gasteiger partial charge in [-0.25, -0.2) is 13.1 Å². The van der Waals surface area contributed by atoms with Crippen LogP contribution in [0.5, 0.6) is 0 Å². The summed E-state index contributed by atoms with van der Waals surface area (Å²) in [5, 5.41) is 1.53. The second kappa shape index (κ2) is 6.89. The highest BCUT2D eigenvalue weighted by Gasteiger charge is 2.27. The maximum atomic E-state index is 12.7. The van der Waals surface area contributed by atoms with Crippen LogP contribution < -0.4 is 4.72 Å². The van der Waals surface area contributed by atoms with Gasteiger partial charge in [0.05, 0.1) is 9.77 Å². The maximum absolute atomic E-state index is 12.7. The molecule has 1 aromatic rings. The third-order valence-electron chi connectivity index (χ3n) is 3.97. The van der Waals surface area contributed by atoms with E-state index in [1.54, 1.807) is 0 Å². The minimum Gasteiger partial charge on any atom is -0.335 e. The van der Waals surface area contributed by atoms with E-state index in [0.717, 1.165) is 38.6 Å². The molecule has 1 saturated heterocycles. The Bertz CT molecular complexity index is 595. The number of rotatable bonds is 4. The molecule has 1 fully saturated rings. The van der Waals surface area contributed by atoms with E-state index >= 15 is 0 Å². The largest absolute Gasteiger partial charge is 0.335 e. The van der Waals surface area contributed by atoms with Gasteiger partial charge in [-0.1, -0.05) is 19.8 Å². The van der Waals surface area contributed by atoms with Gasteiger partial charge in [-0.3, -0.25) is 4.79 Å². The average molecular weight is 330 g/mol. The summed E-state index contributed by atoms with van der Waals surface area (Å²) >= 11 is 1.20. The Balaban J connectivity index is 2.22. The quantitative estimate of drug-likeness (QED) is 0.922. The van der Waals surface area contributed by atoms with Crippen LogP contribution in [0.1, 0.15) is 48.7 Å². The second-order valence-electron chi connectivity index (χ2n) is 5.26. The lowest BCUT2D eigenvalue weighted by Gasteiger charge is -2.28. The number of hydrogen-bond donors (Lipinski definition) is 1. The molecule has 1 amide bonds. The van der Waals surface area contributed by atoms with Gasteiger partial charge in [-0.05, 0) is 32.4 Å². The number of likely N-dealkylation sites (tertiary alicyclic amines) is 1. The molecule has 0 aliphatic carbocycles. The average Bonchev–Trinajstić information content (AvgIpc) is 2.86. The molecule has 0 spiro atoms. The number of nitrogens with one attached hydrogen (secondary N) is 1. The first-order valence-corrected chi connectivity index (χ1v) is 9.69. The van der Waals surface area contributed by atoms with Gasteiger partial charge < -0.3 is 4.90 Å². The van der Waals surface area contributed by atoms with E-state index in [0.29, 0.717) is 4.88 Å². The van der Waals surface area contributed by atoms with Crippen molar-refractivity contribution in [3.63, 3.8) is 0 Å². The van der Waals surface area contributed by atoms with E-state index in [2.05, 4.69) is 11.6 Å². The van der Waals surface area contributed by atoms with Gasteiger partial charge in [0, 0.05) is 18.0 Å². The minimum atomic E-state index is -3.48. The first kappa shape index (κ1) is 16.5. The molecule has 1 aliphatic rings. The predicted molar refractivity (Wildman–Crippen MR) is 84.1 cm³/mol. The number of carbonyl (C=O) groups excluding carboxylic acids is 1. The molecule has 0 aromatic carbocycles. The second-order valence-corrected chi connectivity index (χ2v) is 8.06. The zero-order valence-corrected chi connectivity index (χ0v) is 14.1. The van der Waals surface area contributed by atoms with Gasteiger partial charge in [0.1, 0.15) is 0 Å². The summed E-state index contributed by atoms with van der Waals surface area (Å²) in [7, 11) is -2.11. The molecule has 5 nitrogen and oxygen atoms in total. The van der Waals surface area contributed by atoms with Crippen LogP contribution in [0.4, 0.5) is 0 Å². The van der Waals surface area contributed by atoms with Gasteiger partial charge in [-0.15, -0.1) is 11.3 Å². The third-order valence-corrected chi connectivity index (χ3v) is 6.44. The lowest BCUT2D eigenvalue weighted by molar-refractivity contribution is 0.0683. The van der Waals surface area contributed by atoms with Crippen LogP contribution in [0.25, 0.3) is 0 Å². The van der Waals surface area contributed by atoms with Crippen molar-refractivity contribution in [3.8, 4) is 0 Å². The lowest BCUT2D eigenvalue weighted by atomic mass is 10.1. The topological polar surface area (TPSA) is 66.5 Å². The standard InChI is InChI=1S/C14H22N2O3S2/c1-3-11-7-5-4-6-8-16(11)14(17)13-9-12(10-20-13)21(18,19)15-2/h9-11,15H,3-8H2,1-2H3/t11-/m1/s1. The Hall–Kier alpha value is -0.920. The highest BCUT2D eigenvalue weighted by atomic mass is 32.2. The number of carbonyl (C=O) groups is 1. The van der Waals surface area contributed by atoms with Crippen molar-refractivity contribution in [1.82, 2.24) is 9.62 Å². The molecule has 1 N–H and O–H groups in total. The first-order chi connectivity index (χ1) is 9.99. The van der Waals surface area contributed by atoms with Crippen molar-refractivity contribution in [2.24, 2.45) is 0 Å². The number of sulfonamides is 1. The molecule has 2 rings (SSSR count). The van der Waals surface area contributed by atoms with E-state index in [9.17, 15) is 13.2 Å². The molecule has 2 heterocycles. The van der Waals surface area contributed by atoms with Crippen molar-refractivity contribution in [2.75, 3.05) is 13.6 Å². The summed E-state index contributed by atoms with van der Waals surface area (Å²) in [6.45, 7) is 2.87. The summed E-state index contributed by atoms with van der Waals surface area (Å²) in [5.41, 5.74) is 0. The molecule has 7 heteroatoms. The van der Waals surface area contributed by atoms with Crippen LogP contribution >= 0.6 is 11.3 Å². The summed E-state index contributed by atoms with van der Waals surface area (Å²) in [5.74, 6) is -0.0358. The predicted octanol–water partition coefficient (Wildman–Crippen LogP) is 2.45. The minimum absolute atomic E-state index is 0.0358. The lowest BCUT2D eigenvalue weighted by Crippen LogP contribution is -2.39. The number of thiophene rings is 1. The van der Waals surface area contributed by atoms with E-state index in [4.69, 9.17) is 0 Å². The molecular weight excluding hydrogens is 308 g/mol. The molecule has 118 valence electrons. The van der Waals surface area contributed by atoms with Crippen LogP contribution in [-0.2, 0) is 10.0 Å². The molecule has 0 unspecified atom stereocenters. The Labute approximate surface area is 130 Å². The van der Waals surface area contributed by atoms with Gasteiger partial charge in [0.2, 0.25) is 10.0 Å². The van der Waals surface area contributed by atoms with Gasteiger partial charge in [-0.2, -0.15) is 0 Å². The maximum Gasteiger partial charge on any atom is 0.264 e. The molecule has 21 heavy (non-hydrogen) atoms. The SMILES string of the molecule is CC[C@@H]1CCCCCN1C(=O)c1cc(S(=O)(=O)NC)cs1. The van der Waals surface area contributed by atoms with Crippen LogP contribution in [-0.4, -0.2) is 38.9 Å². The normalized spacial score (nSPS) is 20.3. The summed E-state index contributed by atoms with van der Waals surface area (Å²) in [4.78, 5) is 15.3. The fourth-order valence-electron chi connectivity index (χ4n) is 2.70. The molecule has 0 radical (unpaired) electrons. The fourth-order valence-corrected chi connectivity index (χ4v) is 4.66. The zero-order valence-electron chi connectivity index (χ0n) is 12.5. The Morgan fingerprint density at radius 1 is 1.43 bits per heavy atom. The smallest absolute Gasteiger partial charge is 0.264 e. The van der Waals surface area contributed by atoms with E-state index in [1.165, 1.54) is 29.8 Å². The Morgan fingerprint density at radius 2 is 2.19 bits per heavy atom. The van der Waals surface area contributed by atoms with Crippen molar-refractivity contribution < 1.29 is 13.2 Å². The van der Waals surface area contributed by atoms with Crippen LogP contribution in [0.3, 0.4) is 0 Å². The first-order valence-electron chi connectivity index (χ1n) is 7.32. The fraction of sp³-hybridized carbons (Fsp3) is 0.643. The highest BCUT2D eigenvalue weighted by molar-refractivity contribution is 7.89. The molecular formula is C14H22N2O3S2.